The zero-order valence-electron chi connectivity index (χ0n) is 10.2. The highest BCUT2D eigenvalue weighted by molar-refractivity contribution is 6.08. The summed E-state index contributed by atoms with van der Waals surface area (Å²) in [7, 11) is 1.51. The summed E-state index contributed by atoms with van der Waals surface area (Å²) < 4.78 is 5.04. The molecule has 5 nitrogen and oxygen atoms in total. The standard InChI is InChI=1S/C14H11NO4/c1-19-11-4-2-3-9(7-11)13(16)12-8-10(14(17)18)5-6-15-12/h2-8H,1H3,(H,17,18). The van der Waals surface area contributed by atoms with Gasteiger partial charge in [-0.15, -0.1) is 0 Å². The van der Waals surface area contributed by atoms with E-state index in [-0.39, 0.29) is 17.0 Å². The maximum Gasteiger partial charge on any atom is 0.335 e. The number of aromatic carboxylic acids is 1. The largest absolute Gasteiger partial charge is 0.497 e. The quantitative estimate of drug-likeness (QED) is 0.848. The van der Waals surface area contributed by atoms with Crippen LogP contribution < -0.4 is 4.74 Å². The molecule has 0 spiro atoms. The van der Waals surface area contributed by atoms with E-state index >= 15 is 0 Å². The third-order valence-corrected chi connectivity index (χ3v) is 2.57. The number of hydrogen-bond donors (Lipinski definition) is 1. The molecule has 1 heterocycles. The van der Waals surface area contributed by atoms with Crippen LogP contribution in [0.15, 0.2) is 42.6 Å². The number of ketones is 1. The number of hydrogen-bond acceptors (Lipinski definition) is 4. The first-order valence-corrected chi connectivity index (χ1v) is 5.50. The van der Waals surface area contributed by atoms with Gasteiger partial charge in [-0.05, 0) is 24.3 Å². The zero-order valence-corrected chi connectivity index (χ0v) is 10.2. The average molecular weight is 257 g/mol. The van der Waals surface area contributed by atoms with E-state index in [1.54, 1.807) is 24.3 Å². The highest BCUT2D eigenvalue weighted by atomic mass is 16.5. The van der Waals surface area contributed by atoms with Crippen LogP contribution in [-0.2, 0) is 0 Å². The lowest BCUT2D eigenvalue weighted by molar-refractivity contribution is 0.0696. The maximum atomic E-state index is 12.2. The molecule has 19 heavy (non-hydrogen) atoms. The van der Waals surface area contributed by atoms with Crippen LogP contribution in [0, 0.1) is 0 Å². The Bertz CT molecular complexity index is 637. The SMILES string of the molecule is COc1cccc(C(=O)c2cc(C(=O)O)ccn2)c1. The minimum absolute atomic E-state index is 0.0289. The third kappa shape index (κ3) is 2.77. The lowest BCUT2D eigenvalue weighted by Crippen LogP contribution is -2.06. The number of carbonyl (C=O) groups is 2. The molecule has 5 heteroatoms. The second kappa shape index (κ2) is 5.30. The molecular weight excluding hydrogens is 246 g/mol. The minimum Gasteiger partial charge on any atom is -0.497 e. The van der Waals surface area contributed by atoms with Gasteiger partial charge in [-0.25, -0.2) is 4.79 Å². The molecule has 2 aromatic rings. The molecule has 96 valence electrons. The second-order valence-electron chi connectivity index (χ2n) is 3.80. The van der Waals surface area contributed by atoms with E-state index in [0.717, 1.165) is 0 Å². The normalized spacial score (nSPS) is 9.95. The van der Waals surface area contributed by atoms with E-state index in [1.165, 1.54) is 25.4 Å². The number of ether oxygens (including phenoxy) is 1. The van der Waals surface area contributed by atoms with Crippen LogP contribution in [0.5, 0.6) is 5.75 Å². The maximum absolute atomic E-state index is 12.2. The summed E-state index contributed by atoms with van der Waals surface area (Å²) in [6, 6.07) is 9.21. The fourth-order valence-corrected chi connectivity index (χ4v) is 1.60. The van der Waals surface area contributed by atoms with E-state index in [0.29, 0.717) is 11.3 Å². The highest BCUT2D eigenvalue weighted by Gasteiger charge is 2.13. The van der Waals surface area contributed by atoms with Gasteiger partial charge >= 0.3 is 5.97 Å². The number of pyridine rings is 1. The Labute approximate surface area is 109 Å². The van der Waals surface area contributed by atoms with Crippen molar-refractivity contribution in [2.24, 2.45) is 0 Å². The van der Waals surface area contributed by atoms with Gasteiger partial charge in [-0.1, -0.05) is 12.1 Å². The zero-order chi connectivity index (χ0) is 13.8. The summed E-state index contributed by atoms with van der Waals surface area (Å²) in [5, 5.41) is 8.88. The lowest BCUT2D eigenvalue weighted by Gasteiger charge is -2.04. The number of aromatic nitrogens is 1. The van der Waals surface area contributed by atoms with Crippen LogP contribution in [-0.4, -0.2) is 29.0 Å². The smallest absolute Gasteiger partial charge is 0.335 e. The molecular formula is C14H11NO4. The van der Waals surface area contributed by atoms with Gasteiger partial charge in [0.1, 0.15) is 11.4 Å². The molecule has 0 saturated heterocycles. The molecule has 0 aliphatic carbocycles. The summed E-state index contributed by atoms with van der Waals surface area (Å²) in [6.45, 7) is 0. The number of rotatable bonds is 4. The van der Waals surface area contributed by atoms with Gasteiger partial charge in [-0.3, -0.25) is 9.78 Å². The van der Waals surface area contributed by atoms with Gasteiger partial charge in [0.15, 0.2) is 0 Å². The molecule has 0 fully saturated rings. The predicted octanol–water partition coefficient (Wildman–Crippen LogP) is 2.02. The first-order valence-electron chi connectivity index (χ1n) is 5.50. The van der Waals surface area contributed by atoms with Crippen LogP contribution in [0.2, 0.25) is 0 Å². The highest BCUT2D eigenvalue weighted by Crippen LogP contribution is 2.16. The summed E-state index contributed by atoms with van der Waals surface area (Å²) in [5.74, 6) is -0.885. The van der Waals surface area contributed by atoms with Crippen LogP contribution in [0.1, 0.15) is 26.4 Å². The Hall–Kier alpha value is -2.69. The molecule has 1 aromatic carbocycles. The summed E-state index contributed by atoms with van der Waals surface area (Å²) >= 11 is 0. The van der Waals surface area contributed by atoms with Crippen molar-refractivity contribution in [3.05, 3.63) is 59.4 Å². The lowest BCUT2D eigenvalue weighted by atomic mass is 10.1. The van der Waals surface area contributed by atoms with Crippen molar-refractivity contribution in [2.45, 2.75) is 0 Å². The molecule has 0 saturated carbocycles. The molecule has 0 aliphatic heterocycles. The van der Waals surface area contributed by atoms with Gasteiger partial charge in [-0.2, -0.15) is 0 Å². The van der Waals surface area contributed by atoms with E-state index in [1.807, 2.05) is 0 Å². The second-order valence-corrected chi connectivity index (χ2v) is 3.80. The Balaban J connectivity index is 2.38. The molecule has 0 bridgehead atoms. The summed E-state index contributed by atoms with van der Waals surface area (Å²) in [6.07, 6.45) is 1.30. The van der Waals surface area contributed by atoms with Gasteiger partial charge in [0.05, 0.1) is 12.7 Å². The van der Waals surface area contributed by atoms with Crippen molar-refractivity contribution in [3.63, 3.8) is 0 Å². The van der Waals surface area contributed by atoms with Crippen LogP contribution in [0.4, 0.5) is 0 Å². The van der Waals surface area contributed by atoms with Crippen molar-refractivity contribution in [3.8, 4) is 5.75 Å². The Morgan fingerprint density at radius 2 is 1.95 bits per heavy atom. The Morgan fingerprint density at radius 1 is 1.16 bits per heavy atom. The molecule has 0 atom stereocenters. The minimum atomic E-state index is -1.10. The van der Waals surface area contributed by atoms with Crippen molar-refractivity contribution < 1.29 is 19.4 Å². The van der Waals surface area contributed by atoms with Crippen molar-refractivity contribution in [2.75, 3.05) is 7.11 Å². The predicted molar refractivity (Wildman–Crippen MR) is 67.6 cm³/mol. The summed E-state index contributed by atoms with van der Waals surface area (Å²) in [4.78, 5) is 26.9. The monoisotopic (exact) mass is 257 g/mol. The Kier molecular flexibility index (Phi) is 3.56. The van der Waals surface area contributed by atoms with E-state index in [2.05, 4.69) is 4.98 Å². The van der Waals surface area contributed by atoms with E-state index in [4.69, 9.17) is 9.84 Å². The molecule has 0 aliphatic rings. The number of carboxylic acids is 1. The fraction of sp³-hybridized carbons (Fsp3) is 0.0714. The topological polar surface area (TPSA) is 76.5 Å². The number of benzene rings is 1. The van der Waals surface area contributed by atoms with Crippen molar-refractivity contribution >= 4 is 11.8 Å². The van der Waals surface area contributed by atoms with Gasteiger partial charge in [0.25, 0.3) is 0 Å². The van der Waals surface area contributed by atoms with Crippen LogP contribution in [0.3, 0.4) is 0 Å². The van der Waals surface area contributed by atoms with E-state index in [9.17, 15) is 9.59 Å². The number of carboxylic acid groups (broad SMARTS) is 1. The molecule has 2 rings (SSSR count). The number of carbonyl (C=O) groups excluding carboxylic acids is 1. The van der Waals surface area contributed by atoms with Gasteiger partial charge in [0.2, 0.25) is 5.78 Å². The first kappa shape index (κ1) is 12.8. The van der Waals surface area contributed by atoms with Crippen molar-refractivity contribution in [1.29, 1.82) is 0 Å². The molecule has 1 N–H and O–H groups in total. The fourth-order valence-electron chi connectivity index (χ4n) is 1.60. The molecule has 1 aromatic heterocycles. The average Bonchev–Trinajstić information content (AvgIpc) is 2.46. The molecule has 0 radical (unpaired) electrons. The number of methoxy groups -OCH3 is 1. The molecule has 0 unspecified atom stereocenters. The number of nitrogens with zero attached hydrogens (tertiary/aromatic N) is 1. The van der Waals surface area contributed by atoms with Crippen LogP contribution >= 0.6 is 0 Å². The molecule has 0 amide bonds. The van der Waals surface area contributed by atoms with Crippen molar-refractivity contribution in [1.82, 2.24) is 4.98 Å². The van der Waals surface area contributed by atoms with Gasteiger partial charge < -0.3 is 9.84 Å². The summed E-state index contributed by atoms with van der Waals surface area (Å²) in [5.41, 5.74) is 0.517. The third-order valence-electron chi connectivity index (χ3n) is 2.57. The first-order chi connectivity index (χ1) is 9.11. The van der Waals surface area contributed by atoms with Crippen LogP contribution in [0.25, 0.3) is 0 Å². The Morgan fingerprint density at radius 3 is 2.63 bits per heavy atom. The van der Waals surface area contributed by atoms with E-state index < -0.39 is 5.97 Å². The van der Waals surface area contributed by atoms with Gasteiger partial charge in [0, 0.05) is 11.8 Å².